The van der Waals surface area contributed by atoms with Gasteiger partial charge in [0.2, 0.25) is 0 Å². The first kappa shape index (κ1) is 24.1. The van der Waals surface area contributed by atoms with Crippen LogP contribution in [0.5, 0.6) is 11.5 Å². The molecule has 7 heteroatoms. The zero-order valence-corrected chi connectivity index (χ0v) is 20.5. The molecule has 35 heavy (non-hydrogen) atoms. The lowest BCUT2D eigenvalue weighted by Crippen LogP contribution is -2.41. The van der Waals surface area contributed by atoms with Crippen molar-refractivity contribution in [3.63, 3.8) is 0 Å². The van der Waals surface area contributed by atoms with Gasteiger partial charge >= 0.3 is 5.97 Å². The summed E-state index contributed by atoms with van der Waals surface area (Å²) in [4.78, 5) is 26.7. The molecule has 1 amide bonds. The van der Waals surface area contributed by atoms with Gasteiger partial charge in [-0.25, -0.2) is 0 Å². The van der Waals surface area contributed by atoms with Crippen LogP contribution >= 0.6 is 0 Å². The van der Waals surface area contributed by atoms with Crippen molar-refractivity contribution in [1.82, 2.24) is 0 Å². The molecule has 1 N–H and O–H groups in total. The van der Waals surface area contributed by atoms with Crippen molar-refractivity contribution < 1.29 is 23.8 Å². The van der Waals surface area contributed by atoms with E-state index < -0.39 is 0 Å². The number of nitrogens with zero attached hydrogens (tertiary/aromatic N) is 1. The van der Waals surface area contributed by atoms with Gasteiger partial charge in [-0.15, -0.1) is 0 Å². The van der Waals surface area contributed by atoms with Crippen molar-refractivity contribution in [2.24, 2.45) is 0 Å². The van der Waals surface area contributed by atoms with E-state index in [-0.39, 0.29) is 24.4 Å². The molecule has 0 aromatic heterocycles. The molecule has 0 bridgehead atoms. The third-order valence-corrected chi connectivity index (χ3v) is 5.90. The number of aryl methyl sites for hydroxylation is 2. The number of carbonyl (C=O) groups excluding carboxylic acids is 2. The van der Waals surface area contributed by atoms with E-state index in [2.05, 4.69) is 10.2 Å². The van der Waals surface area contributed by atoms with Crippen LogP contribution in [0.2, 0.25) is 0 Å². The number of carbonyl (C=O) groups is 2. The first-order chi connectivity index (χ1) is 16.8. The predicted octanol–water partition coefficient (Wildman–Crippen LogP) is 4.55. The Kier molecular flexibility index (Phi) is 7.25. The number of methoxy groups -OCH3 is 1. The lowest BCUT2D eigenvalue weighted by Gasteiger charge is -2.33. The summed E-state index contributed by atoms with van der Waals surface area (Å²) >= 11 is 0. The summed E-state index contributed by atoms with van der Waals surface area (Å²) < 4.78 is 16.8. The number of para-hydroxylation sites is 2. The number of hydrogen-bond donors (Lipinski definition) is 1. The fourth-order valence-corrected chi connectivity index (χ4v) is 4.22. The average molecular weight is 475 g/mol. The Morgan fingerprint density at radius 3 is 2.66 bits per heavy atom. The molecule has 0 unspecified atom stereocenters. The van der Waals surface area contributed by atoms with Gasteiger partial charge in [-0.2, -0.15) is 0 Å². The normalized spacial score (nSPS) is 14.5. The third-order valence-electron chi connectivity index (χ3n) is 5.90. The maximum Gasteiger partial charge on any atom is 0.309 e. The van der Waals surface area contributed by atoms with Crippen LogP contribution in [0.15, 0.2) is 60.7 Å². The number of rotatable bonds is 7. The first-order valence-electron chi connectivity index (χ1n) is 11.5. The number of amides is 1. The van der Waals surface area contributed by atoms with Crippen LogP contribution in [-0.4, -0.2) is 45.3 Å². The van der Waals surface area contributed by atoms with Crippen molar-refractivity contribution in [2.75, 3.05) is 37.5 Å². The fraction of sp³-hybridized carbons (Fsp3) is 0.286. The summed E-state index contributed by atoms with van der Waals surface area (Å²) in [6, 6.07) is 18.9. The number of nitrogens with one attached hydrogen (secondary N) is 1. The number of fused-ring (bicyclic) bond motifs is 1. The maximum atomic E-state index is 12.9. The van der Waals surface area contributed by atoms with E-state index >= 15 is 0 Å². The zero-order chi connectivity index (χ0) is 24.9. The molecular formula is C28H30N2O5. The summed E-state index contributed by atoms with van der Waals surface area (Å²) in [6.45, 7) is 4.92. The Morgan fingerprint density at radius 1 is 1.09 bits per heavy atom. The van der Waals surface area contributed by atoms with E-state index in [1.54, 1.807) is 18.2 Å². The minimum absolute atomic E-state index is 0.0984. The molecule has 1 heterocycles. The van der Waals surface area contributed by atoms with Gasteiger partial charge in [-0.3, -0.25) is 9.59 Å². The highest BCUT2D eigenvalue weighted by Crippen LogP contribution is 2.32. The van der Waals surface area contributed by atoms with Crippen LogP contribution in [0.1, 0.15) is 27.0 Å². The minimum atomic E-state index is -0.325. The molecule has 0 saturated heterocycles. The van der Waals surface area contributed by atoms with E-state index in [1.807, 2.05) is 63.4 Å². The molecule has 0 radical (unpaired) electrons. The van der Waals surface area contributed by atoms with Crippen molar-refractivity contribution in [3.8, 4) is 11.5 Å². The summed E-state index contributed by atoms with van der Waals surface area (Å²) in [6.07, 6.45) is 0.0526. The molecule has 3 aromatic rings. The SMILES string of the molecule is COC(=O)Cc1cc(C)cc(NC(=O)c2ccc(OC[C@@H]3CN(C)c4ccccc4O3)cc2C)c1. The number of hydrogen-bond acceptors (Lipinski definition) is 6. The number of anilines is 2. The largest absolute Gasteiger partial charge is 0.490 e. The second-order valence-electron chi connectivity index (χ2n) is 8.79. The zero-order valence-electron chi connectivity index (χ0n) is 20.5. The van der Waals surface area contributed by atoms with E-state index in [0.29, 0.717) is 23.6 Å². The number of benzene rings is 3. The van der Waals surface area contributed by atoms with E-state index in [4.69, 9.17) is 14.2 Å². The van der Waals surface area contributed by atoms with Crippen LogP contribution in [0.3, 0.4) is 0 Å². The van der Waals surface area contributed by atoms with Crippen LogP contribution < -0.4 is 19.7 Å². The van der Waals surface area contributed by atoms with Crippen molar-refractivity contribution in [1.29, 1.82) is 0 Å². The lowest BCUT2D eigenvalue weighted by atomic mass is 10.1. The van der Waals surface area contributed by atoms with Gasteiger partial charge in [0.05, 0.1) is 25.8 Å². The minimum Gasteiger partial charge on any atom is -0.490 e. The van der Waals surface area contributed by atoms with Gasteiger partial charge in [-0.1, -0.05) is 18.2 Å². The second-order valence-corrected chi connectivity index (χ2v) is 8.79. The highest BCUT2D eigenvalue weighted by Gasteiger charge is 2.23. The van der Waals surface area contributed by atoms with Crippen LogP contribution in [0.4, 0.5) is 11.4 Å². The smallest absolute Gasteiger partial charge is 0.309 e. The Balaban J connectivity index is 1.39. The number of ether oxygens (including phenoxy) is 3. The second kappa shape index (κ2) is 10.5. The quantitative estimate of drug-likeness (QED) is 0.507. The van der Waals surface area contributed by atoms with Gasteiger partial charge in [0.15, 0.2) is 0 Å². The summed E-state index contributed by atoms with van der Waals surface area (Å²) in [5.41, 5.74) is 4.78. The summed E-state index contributed by atoms with van der Waals surface area (Å²) in [5.74, 6) is 0.982. The van der Waals surface area contributed by atoms with Crippen LogP contribution in [-0.2, 0) is 16.0 Å². The first-order valence-corrected chi connectivity index (χ1v) is 11.5. The average Bonchev–Trinajstić information content (AvgIpc) is 2.82. The molecule has 0 saturated carbocycles. The van der Waals surface area contributed by atoms with Gasteiger partial charge in [0, 0.05) is 18.3 Å². The van der Waals surface area contributed by atoms with E-state index in [0.717, 1.165) is 34.7 Å². The summed E-state index contributed by atoms with van der Waals surface area (Å²) in [5, 5.41) is 2.93. The molecule has 0 aliphatic carbocycles. The topological polar surface area (TPSA) is 77.1 Å². The molecule has 182 valence electrons. The molecule has 1 aliphatic rings. The maximum absolute atomic E-state index is 12.9. The van der Waals surface area contributed by atoms with Crippen molar-refractivity contribution >= 4 is 23.3 Å². The predicted molar refractivity (Wildman–Crippen MR) is 136 cm³/mol. The molecule has 3 aromatic carbocycles. The Labute approximate surface area is 205 Å². The van der Waals surface area contributed by atoms with Gasteiger partial charge in [0.1, 0.15) is 24.2 Å². The highest BCUT2D eigenvalue weighted by atomic mass is 16.5. The number of esters is 1. The number of likely N-dealkylation sites (N-methyl/N-ethyl adjacent to an activating group) is 1. The van der Waals surface area contributed by atoms with Crippen LogP contribution in [0.25, 0.3) is 0 Å². The van der Waals surface area contributed by atoms with E-state index in [1.165, 1.54) is 7.11 Å². The van der Waals surface area contributed by atoms with Crippen LogP contribution in [0, 0.1) is 13.8 Å². The van der Waals surface area contributed by atoms with E-state index in [9.17, 15) is 9.59 Å². The summed E-state index contributed by atoms with van der Waals surface area (Å²) in [7, 11) is 3.40. The van der Waals surface area contributed by atoms with Crippen molar-refractivity contribution in [2.45, 2.75) is 26.4 Å². The van der Waals surface area contributed by atoms with Crippen molar-refractivity contribution in [3.05, 3.63) is 82.9 Å². The monoisotopic (exact) mass is 474 g/mol. The standard InChI is InChI=1S/C28H30N2O5/c1-18-11-20(15-27(31)33-4)14-21(12-18)29-28(32)24-10-9-22(13-19(24)2)34-17-23-16-30(3)25-7-5-6-8-26(25)35-23/h5-14,23H,15-17H2,1-4H3,(H,29,32)/t23-/m0/s1. The molecule has 0 fully saturated rings. The highest BCUT2D eigenvalue weighted by molar-refractivity contribution is 6.05. The molecule has 1 aliphatic heterocycles. The Bertz CT molecular complexity index is 1240. The van der Waals surface area contributed by atoms with Gasteiger partial charge in [0.25, 0.3) is 5.91 Å². The third kappa shape index (κ3) is 5.93. The Hall–Kier alpha value is -4.00. The Morgan fingerprint density at radius 2 is 1.89 bits per heavy atom. The lowest BCUT2D eigenvalue weighted by molar-refractivity contribution is -0.139. The molecule has 0 spiro atoms. The fourth-order valence-electron chi connectivity index (χ4n) is 4.22. The van der Waals surface area contributed by atoms with Gasteiger partial charge in [-0.05, 0) is 73.0 Å². The van der Waals surface area contributed by atoms with Gasteiger partial charge < -0.3 is 24.4 Å². The molecule has 4 rings (SSSR count). The molecule has 1 atom stereocenters. The molecule has 7 nitrogen and oxygen atoms in total. The molecular weight excluding hydrogens is 444 g/mol.